The Morgan fingerprint density at radius 3 is 2.37 bits per heavy atom. The van der Waals surface area contributed by atoms with E-state index in [-0.39, 0.29) is 5.91 Å². The SMILES string of the molecule is CCCCCCCCC(=O)NCC1CCC(Br)CC1. The van der Waals surface area contributed by atoms with Crippen LogP contribution in [0.25, 0.3) is 0 Å². The predicted molar refractivity (Wildman–Crippen MR) is 85.7 cm³/mol. The Morgan fingerprint density at radius 1 is 1.05 bits per heavy atom. The average molecular weight is 332 g/mol. The van der Waals surface area contributed by atoms with E-state index < -0.39 is 0 Å². The molecule has 1 saturated carbocycles. The second-order valence-corrected chi connectivity index (χ2v) is 7.23. The molecule has 1 fully saturated rings. The number of hydrogen-bond donors (Lipinski definition) is 1. The maximum atomic E-state index is 11.7. The van der Waals surface area contributed by atoms with Crippen LogP contribution < -0.4 is 5.32 Å². The van der Waals surface area contributed by atoms with Gasteiger partial charge in [-0.05, 0) is 38.0 Å². The summed E-state index contributed by atoms with van der Waals surface area (Å²) in [5, 5.41) is 3.12. The number of nitrogens with one attached hydrogen (secondary N) is 1. The number of carbonyl (C=O) groups excluding carboxylic acids is 1. The van der Waals surface area contributed by atoms with Crippen LogP contribution in [0.2, 0.25) is 0 Å². The Labute approximate surface area is 127 Å². The summed E-state index contributed by atoms with van der Waals surface area (Å²) in [7, 11) is 0. The fourth-order valence-electron chi connectivity index (χ4n) is 2.74. The molecule has 0 unspecified atom stereocenters. The first-order valence-electron chi connectivity index (χ1n) is 8.13. The molecular weight excluding hydrogens is 302 g/mol. The highest BCUT2D eigenvalue weighted by Gasteiger charge is 2.19. The molecule has 1 N–H and O–H groups in total. The monoisotopic (exact) mass is 331 g/mol. The average Bonchev–Trinajstić information content (AvgIpc) is 2.42. The van der Waals surface area contributed by atoms with Crippen LogP contribution in [0, 0.1) is 5.92 Å². The normalized spacial score (nSPS) is 23.3. The van der Waals surface area contributed by atoms with E-state index in [9.17, 15) is 4.79 Å². The molecule has 0 aromatic rings. The van der Waals surface area contributed by atoms with Gasteiger partial charge in [-0.25, -0.2) is 0 Å². The van der Waals surface area contributed by atoms with E-state index in [2.05, 4.69) is 28.2 Å². The molecule has 0 bridgehead atoms. The molecule has 0 spiro atoms. The third kappa shape index (κ3) is 8.67. The fraction of sp³-hybridized carbons (Fsp3) is 0.938. The van der Waals surface area contributed by atoms with E-state index in [1.165, 1.54) is 57.8 Å². The molecule has 0 saturated heterocycles. The molecule has 19 heavy (non-hydrogen) atoms. The molecule has 1 rings (SSSR count). The zero-order valence-corrected chi connectivity index (χ0v) is 14.0. The first-order chi connectivity index (χ1) is 9.22. The summed E-state index contributed by atoms with van der Waals surface area (Å²) in [6.07, 6.45) is 13.3. The number of hydrogen-bond acceptors (Lipinski definition) is 1. The van der Waals surface area contributed by atoms with Crippen LogP contribution in [0.3, 0.4) is 0 Å². The maximum absolute atomic E-state index is 11.7. The van der Waals surface area contributed by atoms with Gasteiger partial charge in [0.05, 0.1) is 0 Å². The molecule has 1 amide bonds. The van der Waals surface area contributed by atoms with Crippen LogP contribution in [0.4, 0.5) is 0 Å². The Morgan fingerprint density at radius 2 is 1.68 bits per heavy atom. The van der Waals surface area contributed by atoms with E-state index >= 15 is 0 Å². The number of halogens is 1. The highest BCUT2D eigenvalue weighted by Crippen LogP contribution is 2.28. The number of unbranched alkanes of at least 4 members (excludes halogenated alkanes) is 5. The number of carbonyl (C=O) groups is 1. The zero-order valence-electron chi connectivity index (χ0n) is 12.4. The van der Waals surface area contributed by atoms with E-state index in [1.807, 2.05) is 0 Å². The van der Waals surface area contributed by atoms with Crippen molar-refractivity contribution in [3.8, 4) is 0 Å². The van der Waals surface area contributed by atoms with Crippen molar-refractivity contribution in [3.05, 3.63) is 0 Å². The summed E-state index contributed by atoms with van der Waals surface area (Å²) >= 11 is 3.67. The molecule has 1 aliphatic rings. The van der Waals surface area contributed by atoms with Crippen LogP contribution in [0.5, 0.6) is 0 Å². The van der Waals surface area contributed by atoms with Gasteiger partial charge < -0.3 is 5.32 Å². The summed E-state index contributed by atoms with van der Waals surface area (Å²) in [5.74, 6) is 0.971. The van der Waals surface area contributed by atoms with E-state index in [4.69, 9.17) is 0 Å². The van der Waals surface area contributed by atoms with Crippen LogP contribution >= 0.6 is 15.9 Å². The van der Waals surface area contributed by atoms with Gasteiger partial charge in [-0.1, -0.05) is 55.0 Å². The lowest BCUT2D eigenvalue weighted by atomic mass is 9.89. The molecular formula is C16H30BrNO. The molecule has 112 valence electrons. The van der Waals surface area contributed by atoms with Crippen LogP contribution in [-0.2, 0) is 4.79 Å². The molecule has 0 atom stereocenters. The number of amides is 1. The van der Waals surface area contributed by atoms with Crippen LogP contribution in [0.1, 0.15) is 77.6 Å². The molecule has 0 heterocycles. The third-order valence-corrected chi connectivity index (χ3v) is 5.04. The third-order valence-electron chi connectivity index (χ3n) is 4.12. The largest absolute Gasteiger partial charge is 0.356 e. The molecule has 0 aromatic heterocycles. The van der Waals surface area contributed by atoms with Gasteiger partial charge in [-0.2, -0.15) is 0 Å². The second kappa shape index (κ2) is 10.7. The van der Waals surface area contributed by atoms with Crippen molar-refractivity contribution in [1.29, 1.82) is 0 Å². The molecule has 1 aliphatic carbocycles. The Balaban J connectivity index is 1.93. The van der Waals surface area contributed by atoms with E-state index in [0.717, 1.165) is 19.4 Å². The first kappa shape index (κ1) is 17.0. The quantitative estimate of drug-likeness (QED) is 0.476. The summed E-state index contributed by atoms with van der Waals surface area (Å²) in [6, 6.07) is 0. The van der Waals surface area contributed by atoms with Crippen molar-refractivity contribution >= 4 is 21.8 Å². The molecule has 2 nitrogen and oxygen atoms in total. The summed E-state index contributed by atoms with van der Waals surface area (Å²) < 4.78 is 0. The lowest BCUT2D eigenvalue weighted by Gasteiger charge is -2.25. The van der Waals surface area contributed by atoms with E-state index in [0.29, 0.717) is 10.7 Å². The first-order valence-corrected chi connectivity index (χ1v) is 9.04. The fourth-order valence-corrected chi connectivity index (χ4v) is 3.27. The minimum atomic E-state index is 0.261. The smallest absolute Gasteiger partial charge is 0.220 e. The second-order valence-electron chi connectivity index (χ2n) is 5.94. The molecule has 0 aliphatic heterocycles. The highest BCUT2D eigenvalue weighted by molar-refractivity contribution is 9.09. The van der Waals surface area contributed by atoms with Gasteiger partial charge in [-0.3, -0.25) is 4.79 Å². The summed E-state index contributed by atoms with van der Waals surface area (Å²) in [6.45, 7) is 3.13. The van der Waals surface area contributed by atoms with Gasteiger partial charge in [0, 0.05) is 17.8 Å². The van der Waals surface area contributed by atoms with Gasteiger partial charge in [0.1, 0.15) is 0 Å². The lowest BCUT2D eigenvalue weighted by molar-refractivity contribution is -0.121. The van der Waals surface area contributed by atoms with Gasteiger partial charge in [0.15, 0.2) is 0 Å². The van der Waals surface area contributed by atoms with Gasteiger partial charge in [0.25, 0.3) is 0 Å². The van der Waals surface area contributed by atoms with Gasteiger partial charge >= 0.3 is 0 Å². The van der Waals surface area contributed by atoms with Crippen molar-refractivity contribution in [2.24, 2.45) is 5.92 Å². The van der Waals surface area contributed by atoms with Crippen LogP contribution in [-0.4, -0.2) is 17.3 Å². The van der Waals surface area contributed by atoms with Crippen molar-refractivity contribution in [3.63, 3.8) is 0 Å². The van der Waals surface area contributed by atoms with Crippen molar-refractivity contribution in [1.82, 2.24) is 5.32 Å². The predicted octanol–water partition coefficient (Wildman–Crippen LogP) is 4.81. The minimum absolute atomic E-state index is 0.261. The molecule has 3 heteroatoms. The van der Waals surface area contributed by atoms with Gasteiger partial charge in [0.2, 0.25) is 5.91 Å². The Hall–Kier alpha value is -0.0500. The molecule has 0 aromatic carbocycles. The van der Waals surface area contributed by atoms with Crippen LogP contribution in [0.15, 0.2) is 0 Å². The topological polar surface area (TPSA) is 29.1 Å². The Kier molecular flexibility index (Phi) is 9.58. The Bertz CT molecular complexity index is 237. The summed E-state index contributed by atoms with van der Waals surface area (Å²) in [4.78, 5) is 12.4. The van der Waals surface area contributed by atoms with Crippen molar-refractivity contribution in [2.75, 3.05) is 6.54 Å². The number of rotatable bonds is 9. The van der Waals surface area contributed by atoms with Gasteiger partial charge in [-0.15, -0.1) is 0 Å². The highest BCUT2D eigenvalue weighted by atomic mass is 79.9. The standard InChI is InChI=1S/C16H30BrNO/c1-2-3-4-5-6-7-8-16(19)18-13-14-9-11-15(17)12-10-14/h14-15H,2-13H2,1H3,(H,18,19). The summed E-state index contributed by atoms with van der Waals surface area (Å²) in [5.41, 5.74) is 0. The lowest BCUT2D eigenvalue weighted by Crippen LogP contribution is -2.31. The van der Waals surface area contributed by atoms with Crippen molar-refractivity contribution < 1.29 is 4.79 Å². The minimum Gasteiger partial charge on any atom is -0.356 e. The molecule has 0 radical (unpaired) electrons. The maximum Gasteiger partial charge on any atom is 0.220 e. The number of alkyl halides is 1. The van der Waals surface area contributed by atoms with E-state index in [1.54, 1.807) is 0 Å². The zero-order chi connectivity index (χ0) is 13.9. The van der Waals surface area contributed by atoms with Crippen molar-refractivity contribution in [2.45, 2.75) is 82.4 Å².